The Morgan fingerprint density at radius 1 is 1.00 bits per heavy atom. The van der Waals surface area contributed by atoms with Gasteiger partial charge in [0.25, 0.3) is 0 Å². The number of hydrogen-bond acceptors (Lipinski definition) is 4. The summed E-state index contributed by atoms with van der Waals surface area (Å²) in [7, 11) is 0. The second kappa shape index (κ2) is 7.95. The number of rotatable bonds is 7. The minimum atomic E-state index is -1.44. The summed E-state index contributed by atoms with van der Waals surface area (Å²) >= 11 is 0. The Hall–Kier alpha value is -2.95. The lowest BCUT2D eigenvalue weighted by Crippen LogP contribution is -2.34. The van der Waals surface area contributed by atoms with E-state index in [4.69, 9.17) is 0 Å². The molecule has 1 N–H and O–H groups in total. The number of Topliss-reactive ketones (excluding diaryl/α,β-unsaturated/α-hetero) is 1. The van der Waals surface area contributed by atoms with E-state index in [0.29, 0.717) is 17.7 Å². The lowest BCUT2D eigenvalue weighted by atomic mass is 9.89. The fourth-order valence-corrected chi connectivity index (χ4v) is 2.39. The summed E-state index contributed by atoms with van der Waals surface area (Å²) in [4.78, 5) is 36.3. The largest absolute Gasteiger partial charge is 0.549 e. The SMILES string of the molecule is CCC(C)(C)C(=O)Nc1ccc(C(=O)C(C(=O)[O-])c2ccccc2)cc1. The van der Waals surface area contributed by atoms with Crippen molar-refractivity contribution >= 4 is 23.3 Å². The zero-order valence-electron chi connectivity index (χ0n) is 15.1. The Balaban J connectivity index is 2.20. The minimum absolute atomic E-state index is 0.115. The van der Waals surface area contributed by atoms with Crippen LogP contribution < -0.4 is 10.4 Å². The van der Waals surface area contributed by atoms with E-state index < -0.39 is 23.1 Å². The van der Waals surface area contributed by atoms with E-state index in [1.165, 1.54) is 12.1 Å². The fraction of sp³-hybridized carbons (Fsp3) is 0.286. The third-order valence-corrected chi connectivity index (χ3v) is 4.56. The molecular weight excluding hydrogens is 330 g/mol. The van der Waals surface area contributed by atoms with Gasteiger partial charge >= 0.3 is 0 Å². The van der Waals surface area contributed by atoms with Crippen LogP contribution in [0.2, 0.25) is 0 Å². The Bertz CT molecular complexity index is 795. The first-order chi connectivity index (χ1) is 12.3. The van der Waals surface area contributed by atoms with Gasteiger partial charge in [0.2, 0.25) is 5.91 Å². The number of aliphatic carboxylic acids is 1. The summed E-state index contributed by atoms with van der Waals surface area (Å²) in [6.07, 6.45) is 0.694. The van der Waals surface area contributed by atoms with Gasteiger partial charge in [-0.3, -0.25) is 9.59 Å². The zero-order chi connectivity index (χ0) is 19.3. The van der Waals surface area contributed by atoms with Crippen LogP contribution >= 0.6 is 0 Å². The van der Waals surface area contributed by atoms with Crippen molar-refractivity contribution in [2.24, 2.45) is 5.41 Å². The average Bonchev–Trinajstić information content (AvgIpc) is 2.63. The normalized spacial score (nSPS) is 12.3. The van der Waals surface area contributed by atoms with Gasteiger partial charge in [0.1, 0.15) is 0 Å². The summed E-state index contributed by atoms with van der Waals surface area (Å²) < 4.78 is 0. The van der Waals surface area contributed by atoms with Crippen LogP contribution in [0.4, 0.5) is 5.69 Å². The maximum Gasteiger partial charge on any atom is 0.230 e. The Labute approximate surface area is 153 Å². The molecule has 0 bridgehead atoms. The van der Waals surface area contributed by atoms with Crippen molar-refractivity contribution < 1.29 is 19.5 Å². The maximum absolute atomic E-state index is 12.6. The van der Waals surface area contributed by atoms with Crippen LogP contribution in [-0.2, 0) is 9.59 Å². The van der Waals surface area contributed by atoms with E-state index in [9.17, 15) is 19.5 Å². The Morgan fingerprint density at radius 3 is 2.08 bits per heavy atom. The minimum Gasteiger partial charge on any atom is -0.549 e. The van der Waals surface area contributed by atoms with Gasteiger partial charge in [-0.25, -0.2) is 0 Å². The molecule has 0 aromatic heterocycles. The van der Waals surface area contributed by atoms with Gasteiger partial charge in [0, 0.05) is 16.7 Å². The molecule has 0 spiro atoms. The second-order valence-electron chi connectivity index (χ2n) is 6.80. The van der Waals surface area contributed by atoms with Crippen LogP contribution in [0.25, 0.3) is 0 Å². The quantitative estimate of drug-likeness (QED) is 0.613. The number of benzene rings is 2. The molecule has 0 saturated heterocycles. The molecule has 5 heteroatoms. The number of carboxylic acids is 1. The predicted octanol–water partition coefficient (Wildman–Crippen LogP) is 2.78. The van der Waals surface area contributed by atoms with E-state index in [1.54, 1.807) is 42.5 Å². The summed E-state index contributed by atoms with van der Waals surface area (Å²) in [5.74, 6) is -3.47. The molecule has 1 atom stereocenters. The predicted molar refractivity (Wildman–Crippen MR) is 97.7 cm³/mol. The highest BCUT2D eigenvalue weighted by molar-refractivity contribution is 6.12. The van der Waals surface area contributed by atoms with Crippen molar-refractivity contribution in [3.8, 4) is 0 Å². The average molecular weight is 352 g/mol. The number of carbonyl (C=O) groups excluding carboxylic acids is 3. The summed E-state index contributed by atoms with van der Waals surface area (Å²) in [6, 6.07) is 14.5. The molecule has 26 heavy (non-hydrogen) atoms. The van der Waals surface area contributed by atoms with Crippen LogP contribution in [0.3, 0.4) is 0 Å². The van der Waals surface area contributed by atoms with Crippen molar-refractivity contribution in [1.82, 2.24) is 0 Å². The maximum atomic E-state index is 12.6. The lowest BCUT2D eigenvalue weighted by molar-refractivity contribution is -0.306. The van der Waals surface area contributed by atoms with Gasteiger partial charge in [-0.1, -0.05) is 51.1 Å². The molecule has 0 radical (unpaired) electrons. The highest BCUT2D eigenvalue weighted by Crippen LogP contribution is 2.24. The molecule has 136 valence electrons. The van der Waals surface area contributed by atoms with Gasteiger partial charge in [-0.2, -0.15) is 0 Å². The third kappa shape index (κ3) is 4.36. The van der Waals surface area contributed by atoms with Crippen LogP contribution in [0, 0.1) is 5.41 Å². The Morgan fingerprint density at radius 2 is 1.58 bits per heavy atom. The molecule has 0 saturated carbocycles. The lowest BCUT2D eigenvalue weighted by Gasteiger charge is -2.21. The van der Waals surface area contributed by atoms with Crippen LogP contribution in [-0.4, -0.2) is 17.7 Å². The molecule has 0 heterocycles. The first-order valence-corrected chi connectivity index (χ1v) is 8.48. The van der Waals surface area contributed by atoms with Gasteiger partial charge in [0.15, 0.2) is 5.78 Å². The zero-order valence-corrected chi connectivity index (χ0v) is 15.1. The molecular formula is C21H22NO4-. The van der Waals surface area contributed by atoms with Crippen LogP contribution in [0.15, 0.2) is 54.6 Å². The van der Waals surface area contributed by atoms with E-state index in [2.05, 4.69) is 5.32 Å². The smallest absolute Gasteiger partial charge is 0.230 e. The molecule has 0 aliphatic carbocycles. The fourth-order valence-electron chi connectivity index (χ4n) is 2.39. The van der Waals surface area contributed by atoms with Gasteiger partial charge in [-0.05, 0) is 36.2 Å². The molecule has 0 aliphatic heterocycles. The third-order valence-electron chi connectivity index (χ3n) is 4.56. The number of anilines is 1. The Kier molecular flexibility index (Phi) is 5.93. The molecule has 1 unspecified atom stereocenters. The van der Waals surface area contributed by atoms with Gasteiger partial charge in [0.05, 0.1) is 11.9 Å². The number of amides is 1. The summed E-state index contributed by atoms with van der Waals surface area (Å²) in [6.45, 7) is 5.64. The van der Waals surface area contributed by atoms with Crippen LogP contribution in [0.1, 0.15) is 49.0 Å². The number of hydrogen-bond donors (Lipinski definition) is 1. The number of carboxylic acid groups (broad SMARTS) is 1. The van der Waals surface area contributed by atoms with Crippen molar-refractivity contribution in [2.75, 3.05) is 5.32 Å². The van der Waals surface area contributed by atoms with E-state index >= 15 is 0 Å². The van der Waals surface area contributed by atoms with E-state index in [1.807, 2.05) is 20.8 Å². The summed E-state index contributed by atoms with van der Waals surface area (Å²) in [5, 5.41) is 14.3. The molecule has 0 fully saturated rings. The van der Waals surface area contributed by atoms with Crippen molar-refractivity contribution in [2.45, 2.75) is 33.1 Å². The van der Waals surface area contributed by atoms with E-state index in [-0.39, 0.29) is 11.5 Å². The highest BCUT2D eigenvalue weighted by atomic mass is 16.4. The van der Waals surface area contributed by atoms with E-state index in [0.717, 1.165) is 0 Å². The van der Waals surface area contributed by atoms with Gasteiger partial charge in [-0.15, -0.1) is 0 Å². The van der Waals surface area contributed by atoms with Crippen molar-refractivity contribution in [3.05, 3.63) is 65.7 Å². The standard InChI is InChI=1S/C21H23NO4/c1-4-21(2,3)20(26)22-16-12-10-15(11-13-16)18(23)17(19(24)25)14-8-6-5-7-9-14/h5-13,17H,4H2,1-3H3,(H,22,26)(H,24,25)/p-1. The van der Waals surface area contributed by atoms with Crippen molar-refractivity contribution in [1.29, 1.82) is 0 Å². The molecule has 2 aromatic carbocycles. The number of nitrogens with one attached hydrogen (secondary N) is 1. The highest BCUT2D eigenvalue weighted by Gasteiger charge is 2.26. The second-order valence-corrected chi connectivity index (χ2v) is 6.80. The number of carbonyl (C=O) groups is 3. The monoisotopic (exact) mass is 352 g/mol. The number of ketones is 1. The van der Waals surface area contributed by atoms with Crippen LogP contribution in [0.5, 0.6) is 0 Å². The molecule has 0 aliphatic rings. The molecule has 2 aromatic rings. The molecule has 5 nitrogen and oxygen atoms in total. The van der Waals surface area contributed by atoms with Crippen molar-refractivity contribution in [3.63, 3.8) is 0 Å². The van der Waals surface area contributed by atoms with Gasteiger partial charge < -0.3 is 15.2 Å². The first-order valence-electron chi connectivity index (χ1n) is 8.48. The summed E-state index contributed by atoms with van der Waals surface area (Å²) in [5.41, 5.74) is 0.676. The topological polar surface area (TPSA) is 86.3 Å². The molecule has 1 amide bonds. The molecule has 2 rings (SSSR count). The first kappa shape index (κ1) is 19.4.